The maximum atomic E-state index is 12.6. The largest absolute Gasteiger partial charge is 0.457 e. The van der Waals surface area contributed by atoms with Crippen LogP contribution in [0.25, 0.3) is 10.1 Å². The molecule has 0 fully saturated rings. The van der Waals surface area contributed by atoms with Gasteiger partial charge in [-0.15, -0.1) is 11.3 Å². The molecule has 1 atom stereocenters. The standard InChI is InChI=1S/C34H40N3O6S/c1-22(2)21-40-23(3)43-37-32(38)31-17-26-13-10-25(16-30(26)44-31)20-35-19-24-11-14-28(15-12-24)41-29-9-7-8-27(18-29)36-33(39)42-34(4,5)6/h7,9-18,22-23,35H,19-21H2,1-6H3,(H,36,39)(H,37,38)/t23-/m0/s1. The van der Waals surface area contributed by atoms with E-state index in [0.29, 0.717) is 47.7 Å². The number of hydrogen-bond acceptors (Lipinski definition) is 8. The SMILES string of the molecule is CC(C)CO[C@H](C)ONC(=O)c1cc2ccc(CNCc3ccc(Oc4cc[c]c(NC(=O)OC(C)(C)C)c4)cc3)cc2s1. The highest BCUT2D eigenvalue weighted by Gasteiger charge is 2.17. The van der Waals surface area contributed by atoms with Gasteiger partial charge in [-0.3, -0.25) is 10.1 Å². The van der Waals surface area contributed by atoms with Gasteiger partial charge in [0.1, 0.15) is 17.1 Å². The molecule has 44 heavy (non-hydrogen) atoms. The zero-order valence-corrected chi connectivity index (χ0v) is 26.8. The highest BCUT2D eigenvalue weighted by Crippen LogP contribution is 2.27. The van der Waals surface area contributed by atoms with Crippen LogP contribution in [-0.4, -0.2) is 30.5 Å². The molecule has 1 heterocycles. The summed E-state index contributed by atoms with van der Waals surface area (Å²) in [7, 11) is 0. The van der Waals surface area contributed by atoms with E-state index in [1.54, 1.807) is 25.1 Å². The Balaban J connectivity index is 1.24. The topological polar surface area (TPSA) is 107 Å². The highest BCUT2D eigenvalue weighted by molar-refractivity contribution is 7.20. The van der Waals surface area contributed by atoms with Gasteiger partial charge in [0.25, 0.3) is 5.91 Å². The van der Waals surface area contributed by atoms with E-state index in [9.17, 15) is 9.59 Å². The van der Waals surface area contributed by atoms with E-state index in [2.05, 4.69) is 48.2 Å². The van der Waals surface area contributed by atoms with E-state index < -0.39 is 18.0 Å². The van der Waals surface area contributed by atoms with Gasteiger partial charge in [0.15, 0.2) is 6.29 Å². The van der Waals surface area contributed by atoms with Crippen molar-refractivity contribution in [2.45, 2.75) is 66.5 Å². The third-order valence-corrected chi connectivity index (χ3v) is 7.11. The van der Waals surface area contributed by atoms with Crippen molar-refractivity contribution >= 4 is 39.1 Å². The molecule has 233 valence electrons. The summed E-state index contributed by atoms with van der Waals surface area (Å²) in [6.07, 6.45) is -1.07. The second-order valence-corrected chi connectivity index (χ2v) is 12.8. The van der Waals surface area contributed by atoms with Crippen molar-refractivity contribution in [1.82, 2.24) is 10.8 Å². The molecule has 9 nitrogen and oxygen atoms in total. The Hall–Kier alpha value is -3.96. The molecule has 3 aromatic carbocycles. The Bertz CT molecular complexity index is 1540. The number of ether oxygens (including phenoxy) is 3. The van der Waals surface area contributed by atoms with Crippen molar-refractivity contribution in [3.05, 3.63) is 88.8 Å². The normalized spacial score (nSPS) is 12.2. The molecular formula is C34H40N3O6S. The van der Waals surface area contributed by atoms with Crippen LogP contribution < -0.4 is 20.9 Å². The molecule has 4 rings (SSSR count). The molecule has 10 heteroatoms. The van der Waals surface area contributed by atoms with Gasteiger partial charge in [0, 0.05) is 29.9 Å². The lowest BCUT2D eigenvalue weighted by atomic mass is 10.1. The molecule has 4 aromatic rings. The van der Waals surface area contributed by atoms with Crippen LogP contribution in [0, 0.1) is 12.0 Å². The van der Waals surface area contributed by atoms with Crippen molar-refractivity contribution in [2.75, 3.05) is 11.9 Å². The summed E-state index contributed by atoms with van der Waals surface area (Å²) < 4.78 is 17.8. The first kappa shape index (κ1) is 32.9. The van der Waals surface area contributed by atoms with Crippen molar-refractivity contribution < 1.29 is 28.6 Å². The van der Waals surface area contributed by atoms with Crippen molar-refractivity contribution in [1.29, 1.82) is 0 Å². The van der Waals surface area contributed by atoms with E-state index >= 15 is 0 Å². The van der Waals surface area contributed by atoms with E-state index in [1.165, 1.54) is 11.3 Å². The van der Waals surface area contributed by atoms with E-state index in [1.807, 2.05) is 57.2 Å². The molecule has 1 radical (unpaired) electrons. The van der Waals surface area contributed by atoms with Crippen LogP contribution in [-0.2, 0) is 27.4 Å². The van der Waals surface area contributed by atoms with Crippen LogP contribution in [0.3, 0.4) is 0 Å². The predicted octanol–water partition coefficient (Wildman–Crippen LogP) is 7.81. The lowest BCUT2D eigenvalue weighted by Crippen LogP contribution is -2.29. The van der Waals surface area contributed by atoms with E-state index in [0.717, 1.165) is 21.2 Å². The number of benzene rings is 3. The molecular weight excluding hydrogens is 578 g/mol. The summed E-state index contributed by atoms with van der Waals surface area (Å²) >= 11 is 1.42. The third kappa shape index (κ3) is 10.6. The molecule has 0 bridgehead atoms. The maximum absolute atomic E-state index is 12.6. The van der Waals surface area contributed by atoms with Gasteiger partial charge in [-0.25, -0.2) is 15.1 Å². The van der Waals surface area contributed by atoms with Crippen LogP contribution >= 0.6 is 11.3 Å². The molecule has 3 N–H and O–H groups in total. The Kier molecular flexibility index (Phi) is 11.4. The van der Waals surface area contributed by atoms with Crippen molar-refractivity contribution in [3.63, 3.8) is 0 Å². The van der Waals surface area contributed by atoms with Gasteiger partial charge in [-0.2, -0.15) is 0 Å². The first-order valence-corrected chi connectivity index (χ1v) is 15.3. The summed E-state index contributed by atoms with van der Waals surface area (Å²) in [6.45, 7) is 13.2. The van der Waals surface area contributed by atoms with Gasteiger partial charge >= 0.3 is 6.09 Å². The second-order valence-electron chi connectivity index (χ2n) is 11.7. The van der Waals surface area contributed by atoms with E-state index in [-0.39, 0.29) is 5.91 Å². The molecule has 0 spiro atoms. The fourth-order valence-electron chi connectivity index (χ4n) is 4.00. The lowest BCUT2D eigenvalue weighted by molar-refractivity contribution is -0.163. The fourth-order valence-corrected chi connectivity index (χ4v) is 5.02. The van der Waals surface area contributed by atoms with Gasteiger partial charge in [0.05, 0.1) is 17.2 Å². The molecule has 0 saturated heterocycles. The summed E-state index contributed by atoms with van der Waals surface area (Å²) in [6, 6.07) is 24.0. The third-order valence-electron chi connectivity index (χ3n) is 6.02. The van der Waals surface area contributed by atoms with Crippen molar-refractivity contribution in [3.8, 4) is 11.5 Å². The number of carbonyl (C=O) groups excluding carboxylic acids is 2. The Morgan fingerprint density at radius 1 is 0.909 bits per heavy atom. The molecule has 0 aliphatic heterocycles. The smallest absolute Gasteiger partial charge is 0.412 e. The number of rotatable bonds is 13. The summed E-state index contributed by atoms with van der Waals surface area (Å²) in [4.78, 5) is 30.5. The zero-order valence-electron chi connectivity index (χ0n) is 26.0. The number of carbonyl (C=O) groups is 2. The van der Waals surface area contributed by atoms with Crippen LogP contribution in [0.15, 0.2) is 66.7 Å². The summed E-state index contributed by atoms with van der Waals surface area (Å²) in [5, 5.41) is 7.15. The first-order valence-electron chi connectivity index (χ1n) is 14.5. The number of anilines is 1. The number of nitrogens with one attached hydrogen (secondary N) is 3. The number of thiophene rings is 1. The second kappa shape index (κ2) is 15.2. The van der Waals surface area contributed by atoms with Gasteiger partial charge in [-0.1, -0.05) is 38.1 Å². The minimum absolute atomic E-state index is 0.290. The maximum Gasteiger partial charge on any atom is 0.412 e. The fraction of sp³-hybridized carbons (Fsp3) is 0.353. The van der Waals surface area contributed by atoms with E-state index in [4.69, 9.17) is 19.0 Å². The Morgan fingerprint density at radius 2 is 1.64 bits per heavy atom. The van der Waals surface area contributed by atoms with Crippen LogP contribution in [0.1, 0.15) is 62.3 Å². The zero-order chi connectivity index (χ0) is 31.7. The summed E-state index contributed by atoms with van der Waals surface area (Å²) in [5.41, 5.74) is 4.59. The average molecular weight is 619 g/mol. The minimum atomic E-state index is -0.589. The summed E-state index contributed by atoms with van der Waals surface area (Å²) in [5.74, 6) is 1.34. The number of fused-ring (bicyclic) bond motifs is 1. The minimum Gasteiger partial charge on any atom is -0.457 e. The number of hydroxylamine groups is 1. The quantitative estimate of drug-likeness (QED) is 0.104. The van der Waals surface area contributed by atoms with Crippen LogP contribution in [0.5, 0.6) is 11.5 Å². The van der Waals surface area contributed by atoms with Gasteiger partial charge in [0.2, 0.25) is 0 Å². The monoisotopic (exact) mass is 618 g/mol. The first-order chi connectivity index (χ1) is 20.9. The average Bonchev–Trinajstić information content (AvgIpc) is 3.38. The molecule has 0 saturated carbocycles. The molecule has 2 amide bonds. The number of hydrogen-bond donors (Lipinski definition) is 3. The lowest BCUT2D eigenvalue weighted by Gasteiger charge is -2.19. The Labute approximate surface area is 262 Å². The molecule has 0 aliphatic rings. The highest BCUT2D eigenvalue weighted by atomic mass is 32.1. The van der Waals surface area contributed by atoms with Gasteiger partial charge < -0.3 is 19.5 Å². The molecule has 0 unspecified atom stereocenters. The number of amides is 2. The van der Waals surface area contributed by atoms with Gasteiger partial charge in [-0.05, 0) is 86.5 Å². The van der Waals surface area contributed by atoms with Crippen molar-refractivity contribution in [2.24, 2.45) is 5.92 Å². The van der Waals surface area contributed by atoms with Crippen LogP contribution in [0.2, 0.25) is 0 Å². The Morgan fingerprint density at radius 3 is 2.36 bits per heavy atom. The molecule has 1 aromatic heterocycles. The molecule has 0 aliphatic carbocycles. The predicted molar refractivity (Wildman–Crippen MR) is 173 cm³/mol. The van der Waals surface area contributed by atoms with Crippen LogP contribution in [0.4, 0.5) is 10.5 Å².